The Hall–Kier alpha value is -3.65. The molecule has 8 heteroatoms. The van der Waals surface area contributed by atoms with Crippen molar-refractivity contribution in [3.63, 3.8) is 0 Å². The molecule has 1 aromatic carbocycles. The van der Waals surface area contributed by atoms with Gasteiger partial charge >= 0.3 is 0 Å². The van der Waals surface area contributed by atoms with Crippen molar-refractivity contribution in [3.8, 4) is 11.3 Å². The second-order valence-electron chi connectivity index (χ2n) is 9.98. The molecule has 5 rings (SSSR count). The van der Waals surface area contributed by atoms with Crippen LogP contribution in [0.1, 0.15) is 32.3 Å². The van der Waals surface area contributed by atoms with Crippen molar-refractivity contribution in [2.75, 3.05) is 37.4 Å². The summed E-state index contributed by atoms with van der Waals surface area (Å²) in [5, 5.41) is 11.8. The van der Waals surface area contributed by atoms with E-state index in [0.29, 0.717) is 5.54 Å². The molecule has 4 heterocycles. The summed E-state index contributed by atoms with van der Waals surface area (Å²) in [5.41, 5.74) is 6.51. The SMILES string of the molecule is CCn1cc(C2=CC=NC(Nc3ccc(N4CCC(C)(N(C)C)CC4)cc3)N2)c(-c2cccnc2)n1. The highest BCUT2D eigenvalue weighted by atomic mass is 15.3. The summed E-state index contributed by atoms with van der Waals surface area (Å²) in [6.45, 7) is 7.41. The quantitative estimate of drug-likeness (QED) is 0.521. The zero-order valence-electron chi connectivity index (χ0n) is 21.6. The van der Waals surface area contributed by atoms with Crippen LogP contribution in [0.3, 0.4) is 0 Å². The molecule has 0 aliphatic carbocycles. The average Bonchev–Trinajstić information content (AvgIpc) is 3.35. The van der Waals surface area contributed by atoms with Crippen molar-refractivity contribution in [2.45, 2.75) is 45.1 Å². The number of hydrogen-bond acceptors (Lipinski definition) is 7. The molecule has 0 radical (unpaired) electrons. The highest BCUT2D eigenvalue weighted by molar-refractivity contribution is 5.89. The van der Waals surface area contributed by atoms with E-state index >= 15 is 0 Å². The van der Waals surface area contributed by atoms with E-state index in [1.807, 2.05) is 35.3 Å². The Labute approximate surface area is 213 Å². The number of aliphatic imine (C=N–C) groups is 1. The fraction of sp³-hybridized carbons (Fsp3) is 0.393. The van der Waals surface area contributed by atoms with Gasteiger partial charge in [0.15, 0.2) is 6.29 Å². The predicted molar refractivity (Wildman–Crippen MR) is 148 cm³/mol. The second kappa shape index (κ2) is 10.1. The van der Waals surface area contributed by atoms with Crippen LogP contribution in [0.2, 0.25) is 0 Å². The first-order valence-corrected chi connectivity index (χ1v) is 12.7. The van der Waals surface area contributed by atoms with Crippen molar-refractivity contribution in [1.29, 1.82) is 0 Å². The molecular weight excluding hydrogens is 448 g/mol. The van der Waals surface area contributed by atoms with E-state index in [-0.39, 0.29) is 6.29 Å². The van der Waals surface area contributed by atoms with Gasteiger partial charge in [-0.1, -0.05) is 0 Å². The van der Waals surface area contributed by atoms with Crippen molar-refractivity contribution in [2.24, 2.45) is 4.99 Å². The first kappa shape index (κ1) is 24.1. The molecule has 2 aliphatic heterocycles. The van der Waals surface area contributed by atoms with Crippen LogP contribution in [0.5, 0.6) is 0 Å². The van der Waals surface area contributed by atoms with Crippen LogP contribution in [0.25, 0.3) is 17.0 Å². The molecule has 36 heavy (non-hydrogen) atoms. The van der Waals surface area contributed by atoms with E-state index < -0.39 is 0 Å². The molecule has 1 unspecified atom stereocenters. The van der Waals surface area contributed by atoms with Gasteiger partial charge in [-0.25, -0.2) is 4.99 Å². The highest BCUT2D eigenvalue weighted by Crippen LogP contribution is 2.30. The molecule has 8 nitrogen and oxygen atoms in total. The molecule has 188 valence electrons. The Morgan fingerprint density at radius 3 is 2.58 bits per heavy atom. The minimum atomic E-state index is -0.265. The zero-order valence-corrected chi connectivity index (χ0v) is 21.6. The summed E-state index contributed by atoms with van der Waals surface area (Å²) in [7, 11) is 4.38. The van der Waals surface area contributed by atoms with Crippen LogP contribution in [0.4, 0.5) is 11.4 Å². The molecule has 0 bridgehead atoms. The van der Waals surface area contributed by atoms with E-state index in [1.165, 1.54) is 18.5 Å². The lowest BCUT2D eigenvalue weighted by atomic mass is 9.88. The minimum Gasteiger partial charge on any atom is -0.371 e. The Bertz CT molecular complexity index is 1220. The van der Waals surface area contributed by atoms with Crippen LogP contribution in [0.15, 0.2) is 66.1 Å². The topological polar surface area (TPSA) is 73.6 Å². The smallest absolute Gasteiger partial charge is 0.194 e. The van der Waals surface area contributed by atoms with E-state index in [0.717, 1.165) is 47.8 Å². The van der Waals surface area contributed by atoms with Gasteiger partial charge in [0, 0.05) is 78.2 Å². The Morgan fingerprint density at radius 2 is 1.92 bits per heavy atom. The first-order valence-electron chi connectivity index (χ1n) is 12.7. The molecule has 1 saturated heterocycles. The fourth-order valence-corrected chi connectivity index (χ4v) is 4.79. The third-order valence-corrected chi connectivity index (χ3v) is 7.54. The van der Waals surface area contributed by atoms with Crippen LogP contribution < -0.4 is 15.5 Å². The van der Waals surface area contributed by atoms with Crippen molar-refractivity contribution in [1.82, 2.24) is 25.0 Å². The van der Waals surface area contributed by atoms with E-state index in [1.54, 1.807) is 6.20 Å². The maximum Gasteiger partial charge on any atom is 0.194 e. The highest BCUT2D eigenvalue weighted by Gasteiger charge is 2.31. The lowest BCUT2D eigenvalue weighted by molar-refractivity contribution is 0.137. The standard InChI is InChI=1S/C28H36N8/c1-5-36-20-24(26(33-36)21-7-6-15-29-19-21)25-12-16-30-27(32-25)31-22-8-10-23(11-9-22)35-17-13-28(2,14-18-35)34(3)4/h6-12,15-16,19-20,27,31-32H,5,13-14,17-18H2,1-4H3. The molecule has 3 aromatic rings. The summed E-state index contributed by atoms with van der Waals surface area (Å²) in [6.07, 6.45) is 11.6. The lowest BCUT2D eigenvalue weighted by Gasteiger charge is -2.44. The molecular formula is C28H36N8. The molecule has 0 spiro atoms. The van der Waals surface area contributed by atoms with Gasteiger partial charge in [-0.3, -0.25) is 9.67 Å². The number of nitrogens with zero attached hydrogens (tertiary/aromatic N) is 6. The van der Waals surface area contributed by atoms with Gasteiger partial charge in [0.2, 0.25) is 0 Å². The zero-order chi connectivity index (χ0) is 25.1. The van der Waals surface area contributed by atoms with Gasteiger partial charge in [0.25, 0.3) is 0 Å². The van der Waals surface area contributed by atoms with Crippen LogP contribution in [-0.4, -0.2) is 64.9 Å². The van der Waals surface area contributed by atoms with Gasteiger partial charge in [0.1, 0.15) is 5.69 Å². The summed E-state index contributed by atoms with van der Waals surface area (Å²) in [5.74, 6) is 0. The number of aromatic nitrogens is 3. The molecule has 2 aromatic heterocycles. The summed E-state index contributed by atoms with van der Waals surface area (Å²) >= 11 is 0. The first-order chi connectivity index (χ1) is 17.4. The third kappa shape index (κ3) is 4.99. The Balaban J connectivity index is 1.25. The third-order valence-electron chi connectivity index (χ3n) is 7.54. The van der Waals surface area contributed by atoms with E-state index in [9.17, 15) is 0 Å². The number of hydrogen-bond donors (Lipinski definition) is 2. The maximum atomic E-state index is 4.78. The summed E-state index contributed by atoms with van der Waals surface area (Å²) in [6, 6.07) is 12.7. The Morgan fingerprint density at radius 1 is 1.14 bits per heavy atom. The minimum absolute atomic E-state index is 0.265. The second-order valence-corrected chi connectivity index (χ2v) is 9.98. The lowest BCUT2D eigenvalue weighted by Crippen LogP contribution is -2.50. The van der Waals surface area contributed by atoms with Gasteiger partial charge in [-0.15, -0.1) is 0 Å². The number of pyridine rings is 1. The number of allylic oxidation sites excluding steroid dienone is 1. The maximum absolute atomic E-state index is 4.78. The van der Waals surface area contributed by atoms with Crippen LogP contribution >= 0.6 is 0 Å². The fourth-order valence-electron chi connectivity index (χ4n) is 4.79. The summed E-state index contributed by atoms with van der Waals surface area (Å²) < 4.78 is 1.95. The van der Waals surface area contributed by atoms with Gasteiger partial charge in [-0.05, 0) is 83.3 Å². The van der Waals surface area contributed by atoms with E-state index in [2.05, 4.69) is 88.8 Å². The van der Waals surface area contributed by atoms with Crippen molar-refractivity contribution in [3.05, 3.63) is 66.6 Å². The molecule has 2 aliphatic rings. The van der Waals surface area contributed by atoms with Crippen LogP contribution in [0, 0.1) is 0 Å². The number of anilines is 2. The largest absolute Gasteiger partial charge is 0.371 e. The number of nitrogens with one attached hydrogen (secondary N) is 2. The number of benzene rings is 1. The van der Waals surface area contributed by atoms with Crippen LogP contribution in [-0.2, 0) is 6.54 Å². The Kier molecular flexibility index (Phi) is 6.78. The van der Waals surface area contributed by atoms with Gasteiger partial charge < -0.3 is 20.4 Å². The van der Waals surface area contributed by atoms with Gasteiger partial charge in [0.05, 0.1) is 0 Å². The van der Waals surface area contributed by atoms with Crippen molar-refractivity contribution < 1.29 is 0 Å². The molecule has 1 atom stereocenters. The molecule has 0 saturated carbocycles. The van der Waals surface area contributed by atoms with Crippen molar-refractivity contribution >= 4 is 23.3 Å². The number of piperidine rings is 1. The molecule has 2 N–H and O–H groups in total. The predicted octanol–water partition coefficient (Wildman–Crippen LogP) is 4.30. The normalized spacial score (nSPS) is 19.2. The molecule has 1 fully saturated rings. The monoisotopic (exact) mass is 484 g/mol. The average molecular weight is 485 g/mol. The van der Waals surface area contributed by atoms with E-state index in [4.69, 9.17) is 5.10 Å². The summed E-state index contributed by atoms with van der Waals surface area (Å²) in [4.78, 5) is 13.7. The number of aryl methyl sites for hydroxylation is 1. The van der Waals surface area contributed by atoms with Gasteiger partial charge in [-0.2, -0.15) is 5.10 Å². The molecule has 0 amide bonds. The number of rotatable bonds is 7.